The van der Waals surface area contributed by atoms with Crippen LogP contribution >= 0.6 is 15.9 Å². The zero-order chi connectivity index (χ0) is 6.36. The normalized spacial score (nSPS) is 42.0. The summed E-state index contributed by atoms with van der Waals surface area (Å²) in [5.41, 5.74) is 0. The van der Waals surface area contributed by atoms with Crippen LogP contribution in [0.25, 0.3) is 0 Å². The Bertz CT molecular complexity index is 103. The van der Waals surface area contributed by atoms with Crippen LogP contribution in [0.1, 0.15) is 6.92 Å². The molecule has 2 atom stereocenters. The number of hydrogen-bond donors (Lipinski definition) is 0. The maximum absolute atomic E-state index is 12.2. The first-order chi connectivity index (χ1) is 3.60. The highest BCUT2D eigenvalue weighted by Crippen LogP contribution is 2.55. The zero-order valence-corrected chi connectivity index (χ0v) is 6.08. The second-order valence-electron chi connectivity index (χ2n) is 2.22. The van der Waals surface area contributed by atoms with E-state index in [2.05, 4.69) is 15.9 Å². The van der Waals surface area contributed by atoms with E-state index in [1.165, 1.54) is 0 Å². The molecule has 0 aromatic heterocycles. The molecule has 3 heteroatoms. The highest BCUT2D eigenvalue weighted by molar-refractivity contribution is 9.09. The van der Waals surface area contributed by atoms with Gasteiger partial charge in [-0.1, -0.05) is 22.9 Å². The third-order valence-electron chi connectivity index (χ3n) is 1.76. The summed E-state index contributed by atoms with van der Waals surface area (Å²) in [4.78, 5) is 0. The van der Waals surface area contributed by atoms with Crippen LogP contribution in [0.3, 0.4) is 0 Å². The summed E-state index contributed by atoms with van der Waals surface area (Å²) < 4.78 is 24.3. The van der Waals surface area contributed by atoms with Gasteiger partial charge >= 0.3 is 0 Å². The van der Waals surface area contributed by atoms with Gasteiger partial charge < -0.3 is 0 Å². The van der Waals surface area contributed by atoms with Gasteiger partial charge in [0.25, 0.3) is 5.92 Å². The number of halogens is 3. The van der Waals surface area contributed by atoms with Crippen LogP contribution in [0.15, 0.2) is 0 Å². The molecule has 0 aromatic carbocycles. The van der Waals surface area contributed by atoms with Gasteiger partial charge in [0.15, 0.2) is 0 Å². The van der Waals surface area contributed by atoms with E-state index < -0.39 is 17.8 Å². The van der Waals surface area contributed by atoms with Crippen molar-refractivity contribution in [1.29, 1.82) is 0 Å². The molecule has 0 N–H and O–H groups in total. The van der Waals surface area contributed by atoms with Crippen molar-refractivity contribution in [3.05, 3.63) is 0 Å². The first kappa shape index (κ1) is 6.46. The number of hydrogen-bond acceptors (Lipinski definition) is 0. The minimum absolute atomic E-state index is 0.400. The molecule has 0 amide bonds. The van der Waals surface area contributed by atoms with Crippen molar-refractivity contribution in [3.63, 3.8) is 0 Å². The predicted molar refractivity (Wildman–Crippen MR) is 31.4 cm³/mol. The maximum Gasteiger partial charge on any atom is 0.255 e. The van der Waals surface area contributed by atoms with E-state index >= 15 is 0 Å². The molecule has 0 spiro atoms. The van der Waals surface area contributed by atoms with E-state index in [0.29, 0.717) is 5.33 Å². The van der Waals surface area contributed by atoms with Crippen LogP contribution in [-0.4, -0.2) is 11.3 Å². The Morgan fingerprint density at radius 1 is 1.62 bits per heavy atom. The average Bonchev–Trinajstić information content (AvgIpc) is 2.09. The van der Waals surface area contributed by atoms with E-state index in [1.54, 1.807) is 6.92 Å². The van der Waals surface area contributed by atoms with Crippen molar-refractivity contribution in [2.45, 2.75) is 12.8 Å². The molecule has 1 aliphatic carbocycles. The van der Waals surface area contributed by atoms with Crippen molar-refractivity contribution in [3.8, 4) is 0 Å². The van der Waals surface area contributed by atoms with Gasteiger partial charge in [-0.2, -0.15) is 0 Å². The van der Waals surface area contributed by atoms with E-state index in [4.69, 9.17) is 0 Å². The Kier molecular flexibility index (Phi) is 1.34. The van der Waals surface area contributed by atoms with Crippen molar-refractivity contribution < 1.29 is 8.78 Å². The minimum Gasteiger partial charge on any atom is -0.206 e. The van der Waals surface area contributed by atoms with Gasteiger partial charge in [0.2, 0.25) is 0 Å². The molecular weight excluding hydrogens is 178 g/mol. The van der Waals surface area contributed by atoms with Crippen LogP contribution in [0.5, 0.6) is 0 Å². The highest BCUT2D eigenvalue weighted by Gasteiger charge is 2.64. The van der Waals surface area contributed by atoms with E-state index in [-0.39, 0.29) is 0 Å². The lowest BCUT2D eigenvalue weighted by molar-refractivity contribution is 0.0900. The second-order valence-corrected chi connectivity index (χ2v) is 2.87. The summed E-state index contributed by atoms with van der Waals surface area (Å²) in [6.07, 6.45) is 0. The minimum atomic E-state index is -2.37. The average molecular weight is 185 g/mol. The molecule has 1 fully saturated rings. The number of alkyl halides is 3. The molecular formula is C5H7BrF2. The van der Waals surface area contributed by atoms with Crippen LogP contribution in [0.4, 0.5) is 8.78 Å². The molecule has 0 saturated heterocycles. The van der Waals surface area contributed by atoms with Gasteiger partial charge in [-0.3, -0.25) is 0 Å². The summed E-state index contributed by atoms with van der Waals surface area (Å²) >= 11 is 3.01. The zero-order valence-electron chi connectivity index (χ0n) is 4.50. The third kappa shape index (κ3) is 0.677. The van der Waals surface area contributed by atoms with Crippen LogP contribution in [0, 0.1) is 11.8 Å². The molecule has 0 nitrogen and oxygen atoms in total. The first-order valence-corrected chi connectivity index (χ1v) is 3.66. The molecule has 1 saturated carbocycles. The standard InChI is InChI=1S/C5H7BrF2/c1-3-4(2-6)5(3,7)8/h3-4H,2H2,1H3/t3-,4+/m0/s1. The smallest absolute Gasteiger partial charge is 0.206 e. The Morgan fingerprint density at radius 3 is 2.00 bits per heavy atom. The molecule has 0 heterocycles. The summed E-state index contributed by atoms with van der Waals surface area (Å²) in [5, 5.41) is 0.432. The quantitative estimate of drug-likeness (QED) is 0.549. The summed E-state index contributed by atoms with van der Waals surface area (Å²) in [6.45, 7) is 1.58. The molecule has 0 bridgehead atoms. The Morgan fingerprint density at radius 2 is 2.00 bits per heavy atom. The van der Waals surface area contributed by atoms with Crippen molar-refractivity contribution in [2.24, 2.45) is 11.8 Å². The van der Waals surface area contributed by atoms with Gasteiger partial charge in [-0.25, -0.2) is 8.78 Å². The van der Waals surface area contributed by atoms with Crippen molar-refractivity contribution in [2.75, 3.05) is 5.33 Å². The predicted octanol–water partition coefficient (Wildman–Crippen LogP) is 2.28. The third-order valence-corrected chi connectivity index (χ3v) is 2.46. The lowest BCUT2D eigenvalue weighted by Crippen LogP contribution is -1.93. The van der Waals surface area contributed by atoms with Gasteiger partial charge in [0, 0.05) is 17.2 Å². The van der Waals surface area contributed by atoms with Gasteiger partial charge in [0.05, 0.1) is 0 Å². The van der Waals surface area contributed by atoms with E-state index in [0.717, 1.165) is 0 Å². The topological polar surface area (TPSA) is 0 Å². The largest absolute Gasteiger partial charge is 0.255 e. The molecule has 0 unspecified atom stereocenters. The molecule has 0 radical (unpaired) electrons. The Labute approximate surface area is 55.4 Å². The van der Waals surface area contributed by atoms with Gasteiger partial charge in [-0.05, 0) is 0 Å². The SMILES string of the molecule is C[C@H]1[C@@H](CBr)C1(F)F. The van der Waals surface area contributed by atoms with E-state index in [1.807, 2.05) is 0 Å². The monoisotopic (exact) mass is 184 g/mol. The fourth-order valence-corrected chi connectivity index (χ4v) is 1.79. The molecule has 8 heavy (non-hydrogen) atoms. The fraction of sp³-hybridized carbons (Fsp3) is 1.00. The summed E-state index contributed by atoms with van der Waals surface area (Å²) in [5.74, 6) is -3.17. The number of rotatable bonds is 1. The summed E-state index contributed by atoms with van der Waals surface area (Å²) in [7, 11) is 0. The van der Waals surface area contributed by atoms with Crippen molar-refractivity contribution >= 4 is 15.9 Å². The molecule has 0 aromatic rings. The summed E-state index contributed by atoms with van der Waals surface area (Å²) in [6, 6.07) is 0. The van der Waals surface area contributed by atoms with Gasteiger partial charge in [-0.15, -0.1) is 0 Å². The van der Waals surface area contributed by atoms with Gasteiger partial charge in [0.1, 0.15) is 0 Å². The first-order valence-electron chi connectivity index (χ1n) is 2.54. The van der Waals surface area contributed by atoms with E-state index in [9.17, 15) is 8.78 Å². The fourth-order valence-electron chi connectivity index (χ4n) is 0.797. The van der Waals surface area contributed by atoms with Crippen LogP contribution in [-0.2, 0) is 0 Å². The second kappa shape index (κ2) is 1.66. The molecule has 1 aliphatic rings. The van der Waals surface area contributed by atoms with Crippen molar-refractivity contribution in [1.82, 2.24) is 0 Å². The molecule has 48 valence electrons. The highest BCUT2D eigenvalue weighted by atomic mass is 79.9. The maximum atomic E-state index is 12.2. The molecule has 1 rings (SSSR count). The lowest BCUT2D eigenvalue weighted by Gasteiger charge is -1.86. The Hall–Kier alpha value is 0.340. The Balaban J connectivity index is 2.45. The van der Waals surface area contributed by atoms with Crippen LogP contribution < -0.4 is 0 Å². The van der Waals surface area contributed by atoms with Crippen LogP contribution in [0.2, 0.25) is 0 Å². The molecule has 0 aliphatic heterocycles. The lowest BCUT2D eigenvalue weighted by atomic mass is 10.4.